The van der Waals surface area contributed by atoms with Crippen molar-refractivity contribution in [3.63, 3.8) is 0 Å². The van der Waals surface area contributed by atoms with Crippen molar-refractivity contribution in [1.29, 1.82) is 0 Å². The highest BCUT2D eigenvalue weighted by Gasteiger charge is 2.12. The predicted molar refractivity (Wildman–Crippen MR) is 116 cm³/mol. The Labute approximate surface area is 172 Å². The summed E-state index contributed by atoms with van der Waals surface area (Å²) >= 11 is 1.43. The molecule has 3 aromatic heterocycles. The van der Waals surface area contributed by atoms with E-state index in [2.05, 4.69) is 46.5 Å². The van der Waals surface area contributed by atoms with Crippen LogP contribution in [0.5, 0.6) is 0 Å². The maximum Gasteiger partial charge on any atom is 0.338 e. The zero-order chi connectivity index (χ0) is 20.4. The number of hydrogen-bond acceptors (Lipinski definition) is 8. The summed E-state index contributed by atoms with van der Waals surface area (Å²) in [6.07, 6.45) is 1.55. The summed E-state index contributed by atoms with van der Waals surface area (Å²) in [5.41, 5.74) is 3.50. The first-order valence-electron chi connectivity index (χ1n) is 8.93. The Morgan fingerprint density at radius 3 is 2.66 bits per heavy atom. The zero-order valence-corrected chi connectivity index (χ0v) is 17.0. The highest BCUT2D eigenvalue weighted by Crippen LogP contribution is 2.30. The molecule has 29 heavy (non-hydrogen) atoms. The number of nitrogens with one attached hydrogen (secondary N) is 1. The van der Waals surface area contributed by atoms with Gasteiger partial charge in [0.25, 0.3) is 0 Å². The maximum atomic E-state index is 11.7. The molecule has 146 valence electrons. The second kappa shape index (κ2) is 7.84. The van der Waals surface area contributed by atoms with E-state index in [0.29, 0.717) is 16.5 Å². The summed E-state index contributed by atoms with van der Waals surface area (Å²) in [6.45, 7) is 2.07. The number of carbonyl (C=O) groups excluding carboxylic acids is 1. The highest BCUT2D eigenvalue weighted by atomic mass is 32.1. The van der Waals surface area contributed by atoms with E-state index in [1.807, 2.05) is 24.1 Å². The zero-order valence-electron chi connectivity index (χ0n) is 16.2. The van der Waals surface area contributed by atoms with E-state index >= 15 is 0 Å². The van der Waals surface area contributed by atoms with E-state index in [1.54, 1.807) is 18.3 Å². The summed E-state index contributed by atoms with van der Waals surface area (Å²) in [5.74, 6) is 0.941. The quantitative estimate of drug-likeness (QED) is 0.482. The van der Waals surface area contributed by atoms with Crippen molar-refractivity contribution in [3.8, 4) is 0 Å². The SMILES string of the molecule is COC(=O)c1ccnc(Nc2nc3ccc(N(C)c4ccc(C)cc4)nc3s2)c1. The van der Waals surface area contributed by atoms with Crippen LogP contribution in [0.15, 0.2) is 54.7 Å². The molecule has 0 bridgehead atoms. The number of pyridine rings is 2. The van der Waals surface area contributed by atoms with Crippen LogP contribution in [0.1, 0.15) is 15.9 Å². The van der Waals surface area contributed by atoms with Gasteiger partial charge in [0.05, 0.1) is 12.7 Å². The molecular weight excluding hydrogens is 386 g/mol. The molecule has 7 nitrogen and oxygen atoms in total. The average molecular weight is 405 g/mol. The summed E-state index contributed by atoms with van der Waals surface area (Å²) < 4.78 is 4.75. The van der Waals surface area contributed by atoms with Crippen LogP contribution in [-0.4, -0.2) is 35.1 Å². The minimum absolute atomic E-state index is 0.412. The third-order valence-electron chi connectivity index (χ3n) is 4.42. The molecule has 0 unspecified atom stereocenters. The molecule has 1 aromatic carbocycles. The number of esters is 1. The molecule has 1 N–H and O–H groups in total. The molecule has 0 amide bonds. The first kappa shape index (κ1) is 18.8. The molecule has 0 saturated carbocycles. The summed E-state index contributed by atoms with van der Waals surface area (Å²) in [7, 11) is 3.33. The number of hydrogen-bond donors (Lipinski definition) is 1. The molecule has 0 fully saturated rings. The first-order valence-corrected chi connectivity index (χ1v) is 9.74. The molecule has 8 heteroatoms. The smallest absolute Gasteiger partial charge is 0.338 e. The van der Waals surface area contributed by atoms with Crippen LogP contribution in [0.25, 0.3) is 10.3 Å². The monoisotopic (exact) mass is 405 g/mol. The van der Waals surface area contributed by atoms with Crippen LogP contribution < -0.4 is 10.2 Å². The van der Waals surface area contributed by atoms with E-state index < -0.39 is 5.97 Å². The Morgan fingerprint density at radius 1 is 1.10 bits per heavy atom. The lowest BCUT2D eigenvalue weighted by atomic mass is 10.2. The number of methoxy groups -OCH3 is 1. The molecular formula is C21H19N5O2S. The van der Waals surface area contributed by atoms with Gasteiger partial charge in [-0.25, -0.2) is 19.7 Å². The molecule has 3 heterocycles. The molecule has 0 spiro atoms. The van der Waals surface area contributed by atoms with E-state index in [1.165, 1.54) is 24.0 Å². The normalized spacial score (nSPS) is 10.7. The lowest BCUT2D eigenvalue weighted by Crippen LogP contribution is -2.10. The second-order valence-electron chi connectivity index (χ2n) is 6.45. The molecule has 0 aliphatic heterocycles. The molecule has 4 aromatic rings. The van der Waals surface area contributed by atoms with Gasteiger partial charge in [0, 0.05) is 18.9 Å². The number of anilines is 4. The van der Waals surface area contributed by atoms with Crippen molar-refractivity contribution < 1.29 is 9.53 Å². The van der Waals surface area contributed by atoms with Crippen LogP contribution in [0.2, 0.25) is 0 Å². The average Bonchev–Trinajstić information content (AvgIpc) is 3.14. The number of ether oxygens (including phenoxy) is 1. The largest absolute Gasteiger partial charge is 0.465 e. The van der Waals surface area contributed by atoms with Crippen LogP contribution in [0, 0.1) is 6.92 Å². The number of thiazole rings is 1. The van der Waals surface area contributed by atoms with Gasteiger partial charge >= 0.3 is 5.97 Å². The first-order chi connectivity index (χ1) is 14.0. The van der Waals surface area contributed by atoms with Gasteiger partial charge < -0.3 is 15.0 Å². The third-order valence-corrected chi connectivity index (χ3v) is 5.30. The number of nitrogens with zero attached hydrogens (tertiary/aromatic N) is 4. The van der Waals surface area contributed by atoms with Gasteiger partial charge in [-0.15, -0.1) is 0 Å². The Kier molecular flexibility index (Phi) is 5.09. The van der Waals surface area contributed by atoms with Crippen molar-refractivity contribution in [1.82, 2.24) is 15.0 Å². The second-order valence-corrected chi connectivity index (χ2v) is 7.43. The number of fused-ring (bicyclic) bond motifs is 1. The van der Waals surface area contributed by atoms with Crippen molar-refractivity contribution in [2.24, 2.45) is 0 Å². The lowest BCUT2D eigenvalue weighted by Gasteiger charge is -2.18. The van der Waals surface area contributed by atoms with Gasteiger partial charge in [0.15, 0.2) is 5.13 Å². The van der Waals surface area contributed by atoms with Crippen molar-refractivity contribution in [2.75, 3.05) is 24.4 Å². The summed E-state index contributed by atoms with van der Waals surface area (Å²) in [6, 6.07) is 15.4. The molecule has 0 saturated heterocycles. The van der Waals surface area contributed by atoms with Gasteiger partial charge in [0.1, 0.15) is 22.0 Å². The van der Waals surface area contributed by atoms with Crippen molar-refractivity contribution in [3.05, 3.63) is 65.9 Å². The Morgan fingerprint density at radius 2 is 1.90 bits per heavy atom. The van der Waals surface area contributed by atoms with Crippen molar-refractivity contribution in [2.45, 2.75) is 6.92 Å². The molecule has 0 aliphatic rings. The number of carbonyl (C=O) groups is 1. The van der Waals surface area contributed by atoms with Gasteiger partial charge in [0.2, 0.25) is 0 Å². The minimum atomic E-state index is -0.412. The number of benzene rings is 1. The molecule has 0 atom stereocenters. The van der Waals surface area contributed by atoms with Gasteiger partial charge in [-0.2, -0.15) is 0 Å². The summed E-state index contributed by atoms with van der Waals surface area (Å²) in [5, 5.41) is 3.78. The lowest BCUT2D eigenvalue weighted by molar-refractivity contribution is 0.0600. The van der Waals surface area contributed by atoms with Crippen molar-refractivity contribution >= 4 is 50.1 Å². The van der Waals surface area contributed by atoms with Crippen LogP contribution in [0.3, 0.4) is 0 Å². The highest BCUT2D eigenvalue weighted by molar-refractivity contribution is 7.21. The van der Waals surface area contributed by atoms with Crippen LogP contribution >= 0.6 is 11.3 Å². The Hall–Kier alpha value is -3.52. The number of rotatable bonds is 5. The maximum absolute atomic E-state index is 11.7. The molecule has 0 radical (unpaired) electrons. The molecule has 0 aliphatic carbocycles. The fourth-order valence-electron chi connectivity index (χ4n) is 2.80. The van der Waals surface area contributed by atoms with Crippen LogP contribution in [0.4, 0.5) is 22.5 Å². The predicted octanol–water partition coefficient (Wildman–Crippen LogP) is 4.69. The summed E-state index contributed by atoms with van der Waals surface area (Å²) in [4.78, 5) is 28.1. The Bertz CT molecular complexity index is 1170. The minimum Gasteiger partial charge on any atom is -0.465 e. The van der Waals surface area contributed by atoms with E-state index in [-0.39, 0.29) is 0 Å². The third kappa shape index (κ3) is 4.02. The van der Waals surface area contributed by atoms with Crippen LogP contribution in [-0.2, 0) is 4.74 Å². The van der Waals surface area contributed by atoms with Gasteiger partial charge in [-0.3, -0.25) is 0 Å². The fraction of sp³-hybridized carbons (Fsp3) is 0.143. The molecule has 4 rings (SSSR count). The standard InChI is InChI=1S/C21H19N5O2S/c1-13-4-6-15(7-5-13)26(2)18-9-8-16-19(25-18)29-21(23-16)24-17-12-14(10-11-22-17)20(27)28-3/h4-12H,1-3H3,(H,22,23,24). The number of aryl methyl sites for hydroxylation is 1. The Balaban J connectivity index is 1.59. The topological polar surface area (TPSA) is 80.2 Å². The number of aromatic nitrogens is 3. The van der Waals surface area contributed by atoms with Gasteiger partial charge in [-0.05, 0) is 43.3 Å². The van der Waals surface area contributed by atoms with E-state index in [4.69, 9.17) is 9.72 Å². The fourth-order valence-corrected chi connectivity index (χ4v) is 3.64. The van der Waals surface area contributed by atoms with E-state index in [9.17, 15) is 4.79 Å². The van der Waals surface area contributed by atoms with Gasteiger partial charge in [-0.1, -0.05) is 29.0 Å². The van der Waals surface area contributed by atoms with E-state index in [0.717, 1.165) is 21.9 Å².